The van der Waals surface area contributed by atoms with Gasteiger partial charge >= 0.3 is 0 Å². The second-order valence-corrected chi connectivity index (χ2v) is 5.56. The minimum atomic E-state index is 0.496. The summed E-state index contributed by atoms with van der Waals surface area (Å²) in [6, 6.07) is 19.8. The van der Waals surface area contributed by atoms with Crippen molar-refractivity contribution in [2.75, 3.05) is 11.6 Å². The predicted octanol–water partition coefficient (Wildman–Crippen LogP) is 3.69. The highest BCUT2D eigenvalue weighted by molar-refractivity contribution is 5.62. The molecule has 3 aromatic rings. The summed E-state index contributed by atoms with van der Waals surface area (Å²) in [7, 11) is 0. The molecule has 2 N–H and O–H groups in total. The van der Waals surface area contributed by atoms with E-state index in [4.69, 9.17) is 5.84 Å². The summed E-state index contributed by atoms with van der Waals surface area (Å²) in [6.45, 7) is 2.84. The third-order valence-corrected chi connectivity index (χ3v) is 3.70. The predicted molar refractivity (Wildman–Crippen MR) is 97.1 cm³/mol. The van der Waals surface area contributed by atoms with Crippen LogP contribution in [0.1, 0.15) is 19.8 Å². The molecule has 24 heavy (non-hydrogen) atoms. The maximum absolute atomic E-state index is 6.16. The van der Waals surface area contributed by atoms with Gasteiger partial charge in [-0.15, -0.1) is 0 Å². The summed E-state index contributed by atoms with van der Waals surface area (Å²) in [4.78, 5) is 13.8. The molecule has 0 atom stereocenters. The maximum atomic E-state index is 6.16. The van der Waals surface area contributed by atoms with E-state index in [1.807, 2.05) is 60.7 Å². The normalized spacial score (nSPS) is 10.6. The van der Waals surface area contributed by atoms with Gasteiger partial charge in [0.25, 0.3) is 0 Å². The number of benzene rings is 2. The van der Waals surface area contributed by atoms with Crippen LogP contribution in [0.25, 0.3) is 22.8 Å². The van der Waals surface area contributed by atoms with E-state index in [9.17, 15) is 0 Å². The Kier molecular flexibility index (Phi) is 5.13. The Balaban J connectivity index is 2.06. The number of aromatic nitrogens is 3. The number of rotatable bonds is 6. The van der Waals surface area contributed by atoms with Crippen LogP contribution in [0.2, 0.25) is 0 Å². The third-order valence-electron chi connectivity index (χ3n) is 3.70. The topological polar surface area (TPSA) is 67.9 Å². The molecule has 0 radical (unpaired) electrons. The SMILES string of the molecule is CCCCN(N)c1nc(-c2ccccc2)nc(-c2ccccc2)n1. The number of hydrogen-bond acceptors (Lipinski definition) is 5. The Labute approximate surface area is 142 Å². The molecular weight excluding hydrogens is 298 g/mol. The summed E-state index contributed by atoms with van der Waals surface area (Å²) < 4.78 is 0. The van der Waals surface area contributed by atoms with Crippen LogP contribution in [0.5, 0.6) is 0 Å². The van der Waals surface area contributed by atoms with Crippen LogP contribution in [-0.2, 0) is 0 Å². The standard InChI is InChI=1S/C19H21N5/c1-2-3-14-24(20)19-22-17(15-10-6-4-7-11-15)21-18(23-19)16-12-8-5-9-13-16/h4-13H,2-3,14,20H2,1H3. The Hall–Kier alpha value is -2.79. The van der Waals surface area contributed by atoms with Crippen molar-refractivity contribution in [3.63, 3.8) is 0 Å². The number of hydrazine groups is 1. The van der Waals surface area contributed by atoms with Gasteiger partial charge in [-0.3, -0.25) is 5.01 Å². The molecule has 3 rings (SSSR count). The summed E-state index contributed by atoms with van der Waals surface area (Å²) in [5, 5.41) is 1.60. The van der Waals surface area contributed by atoms with Gasteiger partial charge in [0.2, 0.25) is 5.95 Å². The maximum Gasteiger partial charge on any atom is 0.243 e. The van der Waals surface area contributed by atoms with E-state index in [-0.39, 0.29) is 0 Å². The molecule has 0 saturated heterocycles. The number of unbranched alkanes of at least 4 members (excludes halogenated alkanes) is 1. The molecule has 5 nitrogen and oxygen atoms in total. The van der Waals surface area contributed by atoms with Crippen molar-refractivity contribution in [2.24, 2.45) is 5.84 Å². The lowest BCUT2D eigenvalue weighted by atomic mass is 10.2. The van der Waals surface area contributed by atoms with Crippen molar-refractivity contribution < 1.29 is 0 Å². The monoisotopic (exact) mass is 319 g/mol. The fourth-order valence-electron chi connectivity index (χ4n) is 2.35. The largest absolute Gasteiger partial charge is 0.279 e. The summed E-state index contributed by atoms with van der Waals surface area (Å²) in [5.41, 5.74) is 1.89. The molecule has 5 heteroatoms. The molecule has 0 aliphatic carbocycles. The Bertz CT molecular complexity index is 717. The zero-order valence-electron chi connectivity index (χ0n) is 13.8. The molecule has 0 bridgehead atoms. The summed E-state index contributed by atoms with van der Waals surface area (Å²) in [5.74, 6) is 7.91. The van der Waals surface area contributed by atoms with Crippen molar-refractivity contribution in [3.8, 4) is 22.8 Å². The highest BCUT2D eigenvalue weighted by Crippen LogP contribution is 2.22. The van der Waals surface area contributed by atoms with Crippen LogP contribution in [0.3, 0.4) is 0 Å². The molecule has 0 aliphatic heterocycles. The van der Waals surface area contributed by atoms with E-state index in [1.165, 1.54) is 0 Å². The Morgan fingerprint density at radius 1 is 0.792 bits per heavy atom. The minimum Gasteiger partial charge on any atom is -0.279 e. The van der Waals surface area contributed by atoms with Crippen LogP contribution in [0.4, 0.5) is 5.95 Å². The molecule has 2 aromatic carbocycles. The summed E-state index contributed by atoms with van der Waals surface area (Å²) in [6.07, 6.45) is 2.05. The van der Waals surface area contributed by atoms with E-state index >= 15 is 0 Å². The van der Waals surface area contributed by atoms with Crippen molar-refractivity contribution in [1.82, 2.24) is 15.0 Å². The quantitative estimate of drug-likeness (QED) is 0.554. The van der Waals surface area contributed by atoms with Gasteiger partial charge in [0.1, 0.15) is 0 Å². The molecule has 0 unspecified atom stereocenters. The van der Waals surface area contributed by atoms with E-state index < -0.39 is 0 Å². The zero-order chi connectivity index (χ0) is 16.8. The van der Waals surface area contributed by atoms with Gasteiger partial charge in [-0.05, 0) is 6.42 Å². The van der Waals surface area contributed by atoms with Crippen LogP contribution in [-0.4, -0.2) is 21.5 Å². The lowest BCUT2D eigenvalue weighted by Crippen LogP contribution is -2.33. The van der Waals surface area contributed by atoms with Gasteiger partial charge < -0.3 is 0 Å². The van der Waals surface area contributed by atoms with Gasteiger partial charge in [0, 0.05) is 17.7 Å². The van der Waals surface area contributed by atoms with E-state index in [2.05, 4.69) is 21.9 Å². The molecule has 1 heterocycles. The Morgan fingerprint density at radius 3 is 1.75 bits per heavy atom. The van der Waals surface area contributed by atoms with Crippen LogP contribution >= 0.6 is 0 Å². The smallest absolute Gasteiger partial charge is 0.243 e. The summed E-state index contributed by atoms with van der Waals surface area (Å²) >= 11 is 0. The van der Waals surface area contributed by atoms with Crippen molar-refractivity contribution in [3.05, 3.63) is 60.7 Å². The second-order valence-electron chi connectivity index (χ2n) is 5.56. The molecule has 0 amide bonds. The average Bonchev–Trinajstić information content (AvgIpc) is 2.67. The first-order valence-corrected chi connectivity index (χ1v) is 8.17. The molecular formula is C19H21N5. The molecule has 0 saturated carbocycles. The molecule has 0 fully saturated rings. The van der Waals surface area contributed by atoms with E-state index in [0.29, 0.717) is 24.1 Å². The van der Waals surface area contributed by atoms with E-state index in [1.54, 1.807) is 5.01 Å². The second kappa shape index (κ2) is 7.66. The van der Waals surface area contributed by atoms with Crippen LogP contribution in [0, 0.1) is 0 Å². The highest BCUT2D eigenvalue weighted by atomic mass is 15.5. The lowest BCUT2D eigenvalue weighted by Gasteiger charge is -2.17. The fourth-order valence-corrected chi connectivity index (χ4v) is 2.35. The molecule has 0 aliphatic rings. The molecule has 122 valence electrons. The number of nitrogens with two attached hydrogens (primary N) is 1. The highest BCUT2D eigenvalue weighted by Gasteiger charge is 2.13. The third kappa shape index (κ3) is 3.75. The number of nitrogens with zero attached hydrogens (tertiary/aromatic N) is 4. The number of hydrogen-bond donors (Lipinski definition) is 1. The average molecular weight is 319 g/mol. The first kappa shape index (κ1) is 16.1. The Morgan fingerprint density at radius 2 is 1.29 bits per heavy atom. The van der Waals surface area contributed by atoms with Crippen molar-refractivity contribution in [2.45, 2.75) is 19.8 Å². The van der Waals surface area contributed by atoms with Gasteiger partial charge in [-0.2, -0.15) is 9.97 Å². The first-order valence-electron chi connectivity index (χ1n) is 8.17. The first-order chi connectivity index (χ1) is 11.8. The van der Waals surface area contributed by atoms with Gasteiger partial charge in [-0.25, -0.2) is 10.8 Å². The van der Waals surface area contributed by atoms with Crippen molar-refractivity contribution >= 4 is 5.95 Å². The van der Waals surface area contributed by atoms with E-state index in [0.717, 1.165) is 24.0 Å². The van der Waals surface area contributed by atoms with Crippen molar-refractivity contribution in [1.29, 1.82) is 0 Å². The molecule has 1 aromatic heterocycles. The van der Waals surface area contributed by atoms with Gasteiger partial charge in [-0.1, -0.05) is 74.0 Å². The fraction of sp³-hybridized carbons (Fsp3) is 0.211. The lowest BCUT2D eigenvalue weighted by molar-refractivity contribution is 0.718. The minimum absolute atomic E-state index is 0.496. The van der Waals surface area contributed by atoms with Gasteiger partial charge in [0.15, 0.2) is 11.6 Å². The zero-order valence-corrected chi connectivity index (χ0v) is 13.8. The number of anilines is 1. The van der Waals surface area contributed by atoms with Crippen LogP contribution in [0.15, 0.2) is 60.7 Å². The molecule has 0 spiro atoms. The van der Waals surface area contributed by atoms with Gasteiger partial charge in [0.05, 0.1) is 0 Å². The van der Waals surface area contributed by atoms with Crippen LogP contribution < -0.4 is 10.9 Å².